The maximum atomic E-state index is 11.8. The van der Waals surface area contributed by atoms with Crippen molar-refractivity contribution in [3.05, 3.63) is 48.6 Å². The molecule has 0 saturated carbocycles. The zero-order valence-electron chi connectivity index (χ0n) is 23.1. The molecular formula is C28H48NO8P. The van der Waals surface area contributed by atoms with Gasteiger partial charge in [-0.1, -0.05) is 75.3 Å². The summed E-state index contributed by atoms with van der Waals surface area (Å²) in [4.78, 5) is 32.4. The van der Waals surface area contributed by atoms with Gasteiger partial charge in [0.05, 0.1) is 13.2 Å². The molecule has 9 nitrogen and oxygen atoms in total. The lowest BCUT2D eigenvalue weighted by atomic mass is 10.2. The number of aliphatic hydroxyl groups is 1. The minimum atomic E-state index is -4.39. The monoisotopic (exact) mass is 557 g/mol. The highest BCUT2D eigenvalue weighted by Crippen LogP contribution is 2.42. The second-order valence-corrected chi connectivity index (χ2v) is 10.1. The molecule has 0 radical (unpaired) electrons. The predicted octanol–water partition coefficient (Wildman–Crippen LogP) is 5.70. The molecule has 2 atom stereocenters. The van der Waals surface area contributed by atoms with Crippen molar-refractivity contribution in [3.63, 3.8) is 0 Å². The van der Waals surface area contributed by atoms with E-state index < -0.39 is 26.5 Å². The summed E-state index contributed by atoms with van der Waals surface area (Å²) in [6.45, 7) is 2.77. The van der Waals surface area contributed by atoms with Crippen LogP contribution < -0.4 is 5.32 Å². The molecule has 3 N–H and O–H groups in total. The SMILES string of the molecule is CCCCC/C=C\C/C=C\C/C=C\C/C=C\CCCC(=O)NCCOP(=O)(O)OCC(O)COC(=O)CC. The van der Waals surface area contributed by atoms with Gasteiger partial charge in [-0.3, -0.25) is 18.6 Å². The average Bonchev–Trinajstić information content (AvgIpc) is 2.90. The van der Waals surface area contributed by atoms with Gasteiger partial charge in [0.2, 0.25) is 5.91 Å². The molecule has 2 unspecified atom stereocenters. The molecule has 218 valence electrons. The molecule has 0 rings (SSSR count). The van der Waals surface area contributed by atoms with Gasteiger partial charge >= 0.3 is 13.8 Å². The Hall–Kier alpha value is -2.03. The zero-order chi connectivity index (χ0) is 28.3. The molecule has 0 spiro atoms. The molecule has 0 saturated heterocycles. The number of ether oxygens (including phenoxy) is 1. The van der Waals surface area contributed by atoms with Crippen LogP contribution in [-0.4, -0.2) is 54.3 Å². The number of nitrogens with one attached hydrogen (secondary N) is 1. The van der Waals surface area contributed by atoms with Crippen LogP contribution >= 0.6 is 7.82 Å². The Morgan fingerprint density at radius 3 is 2.00 bits per heavy atom. The number of phosphoric acid groups is 1. The molecule has 38 heavy (non-hydrogen) atoms. The first-order valence-corrected chi connectivity index (χ1v) is 15.1. The van der Waals surface area contributed by atoms with Crippen molar-refractivity contribution in [2.24, 2.45) is 0 Å². The molecule has 0 aromatic rings. The van der Waals surface area contributed by atoms with E-state index in [1.807, 2.05) is 0 Å². The van der Waals surface area contributed by atoms with Crippen LogP contribution in [0, 0.1) is 0 Å². The van der Waals surface area contributed by atoms with Gasteiger partial charge in [0.25, 0.3) is 0 Å². The summed E-state index contributed by atoms with van der Waals surface area (Å²) in [5, 5.41) is 12.2. The lowest BCUT2D eigenvalue weighted by Gasteiger charge is -2.15. The molecule has 0 bridgehead atoms. The molecule has 0 aromatic carbocycles. The molecule has 0 heterocycles. The minimum absolute atomic E-state index is 0.0493. The summed E-state index contributed by atoms with van der Waals surface area (Å²) in [5.41, 5.74) is 0. The number of carbonyl (C=O) groups excluding carboxylic acids is 2. The van der Waals surface area contributed by atoms with E-state index in [-0.39, 0.29) is 32.1 Å². The zero-order valence-corrected chi connectivity index (χ0v) is 24.0. The molecule has 10 heteroatoms. The van der Waals surface area contributed by atoms with Crippen LogP contribution in [0.1, 0.15) is 84.5 Å². The normalized spacial score (nSPS) is 14.5. The van der Waals surface area contributed by atoms with Crippen LogP contribution in [0.4, 0.5) is 0 Å². The van der Waals surface area contributed by atoms with E-state index in [1.54, 1.807) is 6.92 Å². The quantitative estimate of drug-likeness (QED) is 0.0596. The number of aliphatic hydroxyl groups excluding tert-OH is 1. The highest BCUT2D eigenvalue weighted by molar-refractivity contribution is 7.47. The number of hydrogen-bond donors (Lipinski definition) is 3. The van der Waals surface area contributed by atoms with Crippen molar-refractivity contribution in [2.75, 3.05) is 26.4 Å². The minimum Gasteiger partial charge on any atom is -0.463 e. The van der Waals surface area contributed by atoms with Gasteiger partial charge in [-0.15, -0.1) is 0 Å². The third-order valence-electron chi connectivity index (χ3n) is 5.07. The van der Waals surface area contributed by atoms with Crippen LogP contribution in [0.5, 0.6) is 0 Å². The van der Waals surface area contributed by atoms with Gasteiger partial charge in [0, 0.05) is 19.4 Å². The molecule has 0 fully saturated rings. The van der Waals surface area contributed by atoms with Gasteiger partial charge < -0.3 is 20.1 Å². The third kappa shape index (κ3) is 25.6. The number of allylic oxidation sites excluding steroid dienone is 8. The number of amides is 1. The highest BCUT2D eigenvalue weighted by atomic mass is 31.2. The van der Waals surface area contributed by atoms with E-state index >= 15 is 0 Å². The van der Waals surface area contributed by atoms with Crippen molar-refractivity contribution >= 4 is 19.7 Å². The Bertz CT molecular complexity index is 779. The van der Waals surface area contributed by atoms with E-state index in [2.05, 4.69) is 65.4 Å². The largest absolute Gasteiger partial charge is 0.472 e. The first-order chi connectivity index (χ1) is 18.3. The first kappa shape index (κ1) is 36.0. The smallest absolute Gasteiger partial charge is 0.463 e. The number of hydrogen-bond acceptors (Lipinski definition) is 7. The Labute approximate surface area is 228 Å². The topological polar surface area (TPSA) is 131 Å². The standard InChI is InChI=1S/C28H48NO8P/c1-3-5-6-7-8-9-10-11-12-13-14-15-16-17-18-19-20-21-27(31)29-22-23-36-38(33,34)37-25-26(30)24-35-28(32)4-2/h8-9,11-12,14-15,17-18,26,30H,3-7,10,13,16,19-25H2,1-2H3,(H,29,31)(H,33,34)/b9-8-,12-11-,15-14-,18-17-. The lowest BCUT2D eigenvalue weighted by Crippen LogP contribution is -2.27. The van der Waals surface area contributed by atoms with Gasteiger partial charge in [0.15, 0.2) is 0 Å². The summed E-state index contributed by atoms with van der Waals surface area (Å²) in [5.74, 6) is -0.672. The lowest BCUT2D eigenvalue weighted by molar-refractivity contribution is -0.146. The van der Waals surface area contributed by atoms with E-state index in [9.17, 15) is 24.2 Å². The molecule has 0 aliphatic rings. The Morgan fingerprint density at radius 2 is 1.42 bits per heavy atom. The number of unbranched alkanes of at least 4 members (excludes halogenated alkanes) is 4. The van der Waals surface area contributed by atoms with Gasteiger partial charge in [-0.25, -0.2) is 4.57 Å². The summed E-state index contributed by atoms with van der Waals surface area (Å²) in [7, 11) is -4.39. The predicted molar refractivity (Wildman–Crippen MR) is 150 cm³/mol. The van der Waals surface area contributed by atoms with Crippen LogP contribution in [0.2, 0.25) is 0 Å². The van der Waals surface area contributed by atoms with Crippen molar-refractivity contribution < 1.29 is 37.9 Å². The van der Waals surface area contributed by atoms with Crippen LogP contribution in [-0.2, 0) is 27.9 Å². The van der Waals surface area contributed by atoms with Crippen molar-refractivity contribution in [3.8, 4) is 0 Å². The summed E-state index contributed by atoms with van der Waals surface area (Å²) in [6, 6.07) is 0. The summed E-state index contributed by atoms with van der Waals surface area (Å²) < 4.78 is 25.9. The maximum absolute atomic E-state index is 11.8. The fourth-order valence-corrected chi connectivity index (χ4v) is 3.70. The number of esters is 1. The average molecular weight is 558 g/mol. The van der Waals surface area contributed by atoms with E-state index in [4.69, 9.17) is 9.26 Å². The second-order valence-electron chi connectivity index (χ2n) is 8.62. The number of carbonyl (C=O) groups is 2. The van der Waals surface area contributed by atoms with Gasteiger partial charge in [-0.2, -0.15) is 0 Å². The number of rotatable bonds is 24. The second kappa shape index (κ2) is 25.3. The Morgan fingerprint density at radius 1 is 0.842 bits per heavy atom. The van der Waals surface area contributed by atoms with Crippen molar-refractivity contribution in [1.29, 1.82) is 0 Å². The van der Waals surface area contributed by atoms with Crippen LogP contribution in [0.15, 0.2) is 48.6 Å². The van der Waals surface area contributed by atoms with E-state index in [0.29, 0.717) is 12.8 Å². The number of phosphoric ester groups is 1. The van der Waals surface area contributed by atoms with Crippen molar-refractivity contribution in [2.45, 2.75) is 90.6 Å². The van der Waals surface area contributed by atoms with Crippen LogP contribution in [0.3, 0.4) is 0 Å². The summed E-state index contributed by atoms with van der Waals surface area (Å²) in [6.07, 6.45) is 25.8. The Balaban J connectivity index is 3.72. The molecule has 0 aromatic heterocycles. The fraction of sp³-hybridized carbons (Fsp3) is 0.643. The van der Waals surface area contributed by atoms with E-state index in [0.717, 1.165) is 25.7 Å². The van der Waals surface area contributed by atoms with Gasteiger partial charge in [-0.05, 0) is 44.9 Å². The fourth-order valence-electron chi connectivity index (χ4n) is 2.94. The molecule has 1 amide bonds. The Kier molecular flexibility index (Phi) is 23.9. The molecular weight excluding hydrogens is 509 g/mol. The van der Waals surface area contributed by atoms with E-state index in [1.165, 1.54) is 25.7 Å². The third-order valence-corrected chi connectivity index (χ3v) is 6.05. The van der Waals surface area contributed by atoms with Crippen molar-refractivity contribution in [1.82, 2.24) is 5.32 Å². The molecule has 0 aliphatic carbocycles. The summed E-state index contributed by atoms with van der Waals surface area (Å²) >= 11 is 0. The highest BCUT2D eigenvalue weighted by Gasteiger charge is 2.23. The molecule has 0 aliphatic heterocycles. The van der Waals surface area contributed by atoms with Crippen LogP contribution in [0.25, 0.3) is 0 Å². The maximum Gasteiger partial charge on any atom is 0.472 e. The van der Waals surface area contributed by atoms with Gasteiger partial charge in [0.1, 0.15) is 12.7 Å². The first-order valence-electron chi connectivity index (χ1n) is 13.6.